The van der Waals surface area contributed by atoms with Crippen molar-refractivity contribution in [1.82, 2.24) is 0 Å². The summed E-state index contributed by atoms with van der Waals surface area (Å²) in [7, 11) is 0. The van der Waals surface area contributed by atoms with Gasteiger partial charge in [-0.1, -0.05) is 18.2 Å². The fraction of sp³-hybridized carbons (Fsp3) is 0.286. The van der Waals surface area contributed by atoms with Crippen molar-refractivity contribution in [3.63, 3.8) is 0 Å². The Balaban J connectivity index is 1.97. The van der Waals surface area contributed by atoms with Crippen molar-refractivity contribution in [2.75, 3.05) is 0 Å². The minimum atomic E-state index is -0.0408. The second kappa shape index (κ2) is 4.45. The van der Waals surface area contributed by atoms with Gasteiger partial charge in [0.15, 0.2) is 0 Å². The Morgan fingerprint density at radius 3 is 2.82 bits per heavy atom. The third-order valence-electron chi connectivity index (χ3n) is 3.17. The molecule has 3 rings (SSSR count). The van der Waals surface area contributed by atoms with Gasteiger partial charge in [-0.15, -0.1) is 22.9 Å². The summed E-state index contributed by atoms with van der Waals surface area (Å²) in [4.78, 5) is 1.24. The monoisotopic (exact) mass is 264 g/mol. The highest BCUT2D eigenvalue weighted by molar-refractivity contribution is 7.10. The van der Waals surface area contributed by atoms with Gasteiger partial charge in [-0.3, -0.25) is 0 Å². The predicted molar refractivity (Wildman–Crippen MR) is 71.7 cm³/mol. The summed E-state index contributed by atoms with van der Waals surface area (Å²) in [5.74, 6) is 0. The van der Waals surface area contributed by atoms with Crippen LogP contribution in [0.15, 0.2) is 29.6 Å². The van der Waals surface area contributed by atoms with Crippen LogP contribution in [0.5, 0.6) is 0 Å². The Morgan fingerprint density at radius 2 is 2.06 bits per heavy atom. The van der Waals surface area contributed by atoms with Gasteiger partial charge in [0.25, 0.3) is 0 Å². The summed E-state index contributed by atoms with van der Waals surface area (Å²) in [5, 5.41) is 2.05. The summed E-state index contributed by atoms with van der Waals surface area (Å²) in [6, 6.07) is 8.55. The molecule has 0 saturated heterocycles. The molecule has 2 heterocycles. The van der Waals surface area contributed by atoms with Crippen LogP contribution < -0.4 is 0 Å². The summed E-state index contributed by atoms with van der Waals surface area (Å²) in [6.07, 6.45) is 0. The maximum atomic E-state index is 6.55. The quantitative estimate of drug-likeness (QED) is 0.730. The van der Waals surface area contributed by atoms with Gasteiger partial charge in [-0.2, -0.15) is 0 Å². The first-order valence-electron chi connectivity index (χ1n) is 5.63. The second-order valence-electron chi connectivity index (χ2n) is 4.35. The highest BCUT2D eigenvalue weighted by Gasteiger charge is 2.18. The lowest BCUT2D eigenvalue weighted by Crippen LogP contribution is -1.94. The molecule has 1 unspecified atom stereocenters. The maximum absolute atomic E-state index is 6.55. The van der Waals surface area contributed by atoms with Crippen LogP contribution in [0.3, 0.4) is 0 Å². The number of aryl methyl sites for hydroxylation is 1. The molecule has 17 heavy (non-hydrogen) atoms. The molecule has 0 N–H and O–H groups in total. The van der Waals surface area contributed by atoms with Crippen molar-refractivity contribution in [1.29, 1.82) is 0 Å². The molecule has 0 spiro atoms. The highest BCUT2D eigenvalue weighted by Crippen LogP contribution is 2.36. The minimum Gasteiger partial charge on any atom is -0.372 e. The van der Waals surface area contributed by atoms with Crippen LogP contribution in [0, 0.1) is 6.92 Å². The van der Waals surface area contributed by atoms with Crippen molar-refractivity contribution in [2.45, 2.75) is 25.5 Å². The molecule has 1 aliphatic heterocycles. The number of benzene rings is 1. The third kappa shape index (κ3) is 2.01. The second-order valence-corrected chi connectivity index (χ2v) is 5.74. The van der Waals surface area contributed by atoms with Crippen LogP contribution in [-0.2, 0) is 18.0 Å². The van der Waals surface area contributed by atoms with Gasteiger partial charge in [-0.05, 0) is 40.6 Å². The number of thiophene rings is 1. The van der Waals surface area contributed by atoms with Gasteiger partial charge >= 0.3 is 0 Å². The average molecular weight is 265 g/mol. The largest absolute Gasteiger partial charge is 0.372 e. The number of hydrogen-bond donors (Lipinski definition) is 0. The Morgan fingerprint density at radius 1 is 1.24 bits per heavy atom. The first-order valence-corrected chi connectivity index (χ1v) is 6.95. The van der Waals surface area contributed by atoms with E-state index in [1.54, 1.807) is 11.3 Å². The molecule has 1 atom stereocenters. The normalized spacial score (nSPS) is 15.9. The summed E-state index contributed by atoms with van der Waals surface area (Å²) in [5.41, 5.74) is 5.01. The first-order chi connectivity index (χ1) is 8.25. The molecule has 1 aromatic heterocycles. The van der Waals surface area contributed by atoms with E-state index in [-0.39, 0.29) is 5.38 Å². The Bertz CT molecular complexity index is 547. The number of fused-ring (bicyclic) bond motifs is 1. The lowest BCUT2D eigenvalue weighted by atomic mass is 10.0. The van der Waals surface area contributed by atoms with Crippen LogP contribution in [0.4, 0.5) is 0 Å². The number of rotatable bonds is 2. The van der Waals surface area contributed by atoms with Crippen molar-refractivity contribution < 1.29 is 4.74 Å². The SMILES string of the molecule is Cc1ccsc1C(Cl)c1ccc2c(c1)COC2. The molecule has 1 nitrogen and oxygen atoms in total. The molecule has 0 radical (unpaired) electrons. The average Bonchev–Trinajstić information content (AvgIpc) is 2.95. The molecule has 0 saturated carbocycles. The van der Waals surface area contributed by atoms with E-state index in [4.69, 9.17) is 16.3 Å². The zero-order valence-corrected chi connectivity index (χ0v) is 11.1. The van der Waals surface area contributed by atoms with E-state index in [0.29, 0.717) is 0 Å². The molecular formula is C14H13ClOS. The maximum Gasteiger partial charge on any atom is 0.0930 e. The fourth-order valence-corrected chi connectivity index (χ4v) is 3.54. The Hall–Kier alpha value is -0.830. The minimum absolute atomic E-state index is 0.0408. The van der Waals surface area contributed by atoms with Crippen LogP contribution in [-0.4, -0.2) is 0 Å². The standard InChI is InChI=1S/C14H13ClOS/c1-9-4-5-17-14(9)13(15)10-2-3-11-7-16-8-12(11)6-10/h2-6,13H,7-8H2,1H3. The number of ether oxygens (including phenoxy) is 1. The molecule has 1 aromatic carbocycles. The Kier molecular flexibility index (Phi) is 2.95. The van der Waals surface area contributed by atoms with E-state index in [9.17, 15) is 0 Å². The smallest absolute Gasteiger partial charge is 0.0930 e. The van der Waals surface area contributed by atoms with Gasteiger partial charge in [0, 0.05) is 4.88 Å². The van der Waals surface area contributed by atoms with Gasteiger partial charge in [-0.25, -0.2) is 0 Å². The van der Waals surface area contributed by atoms with Crippen LogP contribution in [0.2, 0.25) is 0 Å². The fourth-order valence-electron chi connectivity index (χ4n) is 2.15. The van der Waals surface area contributed by atoms with E-state index < -0.39 is 0 Å². The highest BCUT2D eigenvalue weighted by atomic mass is 35.5. The third-order valence-corrected chi connectivity index (χ3v) is 4.85. The zero-order chi connectivity index (χ0) is 11.8. The van der Waals surface area contributed by atoms with E-state index in [1.807, 2.05) is 0 Å². The summed E-state index contributed by atoms with van der Waals surface area (Å²) < 4.78 is 5.42. The van der Waals surface area contributed by atoms with E-state index in [2.05, 4.69) is 36.6 Å². The molecule has 2 aromatic rings. The van der Waals surface area contributed by atoms with Crippen molar-refractivity contribution in [3.05, 3.63) is 56.8 Å². The van der Waals surface area contributed by atoms with Gasteiger partial charge in [0.1, 0.15) is 0 Å². The molecule has 3 heteroatoms. The van der Waals surface area contributed by atoms with Gasteiger partial charge in [0.05, 0.1) is 18.6 Å². The number of halogens is 1. The molecule has 0 aliphatic carbocycles. The molecule has 0 fully saturated rings. The van der Waals surface area contributed by atoms with Crippen LogP contribution in [0.25, 0.3) is 0 Å². The van der Waals surface area contributed by atoms with E-state index >= 15 is 0 Å². The zero-order valence-electron chi connectivity index (χ0n) is 9.57. The number of hydrogen-bond acceptors (Lipinski definition) is 2. The van der Waals surface area contributed by atoms with E-state index in [1.165, 1.54) is 27.1 Å². The van der Waals surface area contributed by atoms with E-state index in [0.717, 1.165) is 13.2 Å². The van der Waals surface area contributed by atoms with Crippen molar-refractivity contribution in [2.24, 2.45) is 0 Å². The lowest BCUT2D eigenvalue weighted by molar-refractivity contribution is 0.134. The Labute approximate surface area is 110 Å². The first kappa shape index (κ1) is 11.3. The molecule has 0 bridgehead atoms. The molecular weight excluding hydrogens is 252 g/mol. The summed E-state index contributed by atoms with van der Waals surface area (Å²) in [6.45, 7) is 3.56. The van der Waals surface area contributed by atoms with Gasteiger partial charge < -0.3 is 4.74 Å². The topological polar surface area (TPSA) is 9.23 Å². The van der Waals surface area contributed by atoms with Crippen LogP contribution in [0.1, 0.15) is 32.5 Å². The van der Waals surface area contributed by atoms with Crippen LogP contribution >= 0.6 is 22.9 Å². The predicted octanol–water partition coefficient (Wildman–Crippen LogP) is 4.41. The summed E-state index contributed by atoms with van der Waals surface area (Å²) >= 11 is 8.27. The van der Waals surface area contributed by atoms with Gasteiger partial charge in [0.2, 0.25) is 0 Å². The van der Waals surface area contributed by atoms with Crippen molar-refractivity contribution >= 4 is 22.9 Å². The molecule has 88 valence electrons. The van der Waals surface area contributed by atoms with Crippen molar-refractivity contribution in [3.8, 4) is 0 Å². The lowest BCUT2D eigenvalue weighted by Gasteiger charge is -2.10. The molecule has 0 amide bonds. The number of alkyl halides is 1. The molecule has 1 aliphatic rings.